The predicted octanol–water partition coefficient (Wildman–Crippen LogP) is 1.81. The maximum absolute atomic E-state index is 6.22. The SMILES string of the molecule is CC(C)CNCC1CCC(CN2CCCC(N(C)C)C2)O1. The Bertz CT molecular complexity index is 296. The molecule has 0 saturated carbocycles. The molecule has 2 heterocycles. The summed E-state index contributed by atoms with van der Waals surface area (Å²) in [7, 11) is 4.41. The number of hydrogen-bond donors (Lipinski definition) is 1. The highest BCUT2D eigenvalue weighted by molar-refractivity contribution is 4.83. The minimum absolute atomic E-state index is 0.434. The van der Waals surface area contributed by atoms with Gasteiger partial charge in [-0.1, -0.05) is 13.8 Å². The second kappa shape index (κ2) is 8.47. The Morgan fingerprint density at radius 1 is 1.19 bits per heavy atom. The lowest BCUT2D eigenvalue weighted by Gasteiger charge is -2.37. The number of hydrogen-bond acceptors (Lipinski definition) is 4. The summed E-state index contributed by atoms with van der Waals surface area (Å²) in [5.41, 5.74) is 0. The van der Waals surface area contributed by atoms with Gasteiger partial charge in [-0.3, -0.25) is 4.90 Å². The first-order valence-corrected chi connectivity index (χ1v) is 8.79. The van der Waals surface area contributed by atoms with Crippen LogP contribution in [0.2, 0.25) is 0 Å². The molecule has 0 aliphatic carbocycles. The molecular weight excluding hydrogens is 262 g/mol. The molecule has 4 nitrogen and oxygen atoms in total. The molecule has 2 fully saturated rings. The third kappa shape index (κ3) is 5.85. The van der Waals surface area contributed by atoms with E-state index in [0.29, 0.717) is 12.2 Å². The Morgan fingerprint density at radius 3 is 2.67 bits per heavy atom. The number of piperidine rings is 1. The molecular formula is C17H35N3O. The van der Waals surface area contributed by atoms with Gasteiger partial charge in [-0.2, -0.15) is 0 Å². The first kappa shape index (κ1) is 17.2. The summed E-state index contributed by atoms with van der Waals surface area (Å²) >= 11 is 0. The van der Waals surface area contributed by atoms with Crippen LogP contribution in [0.3, 0.4) is 0 Å². The molecule has 0 radical (unpaired) electrons. The molecule has 3 atom stereocenters. The van der Waals surface area contributed by atoms with Crippen molar-refractivity contribution >= 4 is 0 Å². The Balaban J connectivity index is 1.65. The molecule has 0 aromatic rings. The van der Waals surface area contributed by atoms with E-state index in [9.17, 15) is 0 Å². The van der Waals surface area contributed by atoms with Crippen molar-refractivity contribution in [2.45, 2.75) is 57.8 Å². The highest BCUT2D eigenvalue weighted by atomic mass is 16.5. The van der Waals surface area contributed by atoms with Crippen LogP contribution >= 0.6 is 0 Å². The summed E-state index contributed by atoms with van der Waals surface area (Å²) in [5, 5.41) is 3.53. The predicted molar refractivity (Wildman–Crippen MR) is 88.8 cm³/mol. The van der Waals surface area contributed by atoms with Gasteiger partial charge in [-0.25, -0.2) is 0 Å². The molecule has 21 heavy (non-hydrogen) atoms. The van der Waals surface area contributed by atoms with Gasteiger partial charge < -0.3 is 15.0 Å². The van der Waals surface area contributed by atoms with Crippen LogP contribution in [0.15, 0.2) is 0 Å². The van der Waals surface area contributed by atoms with Crippen LogP contribution in [0.1, 0.15) is 39.5 Å². The smallest absolute Gasteiger partial charge is 0.0707 e. The summed E-state index contributed by atoms with van der Waals surface area (Å²) in [6.45, 7) is 10.2. The topological polar surface area (TPSA) is 27.7 Å². The first-order valence-electron chi connectivity index (χ1n) is 8.79. The summed E-state index contributed by atoms with van der Waals surface area (Å²) in [4.78, 5) is 4.99. The highest BCUT2D eigenvalue weighted by Crippen LogP contribution is 2.22. The second-order valence-electron chi connectivity index (χ2n) is 7.53. The van der Waals surface area contributed by atoms with Gasteiger partial charge in [0.1, 0.15) is 0 Å². The number of rotatable bonds is 7. The molecule has 2 rings (SSSR count). The molecule has 2 aliphatic heterocycles. The van der Waals surface area contributed by atoms with E-state index >= 15 is 0 Å². The van der Waals surface area contributed by atoms with E-state index in [1.165, 1.54) is 38.8 Å². The fraction of sp³-hybridized carbons (Fsp3) is 1.00. The number of nitrogens with one attached hydrogen (secondary N) is 1. The summed E-state index contributed by atoms with van der Waals surface area (Å²) in [6.07, 6.45) is 6.02. The van der Waals surface area contributed by atoms with E-state index < -0.39 is 0 Å². The maximum Gasteiger partial charge on any atom is 0.0707 e. The van der Waals surface area contributed by atoms with Gasteiger partial charge >= 0.3 is 0 Å². The van der Waals surface area contributed by atoms with Crippen molar-refractivity contribution in [2.75, 3.05) is 46.8 Å². The average molecular weight is 297 g/mol. The van der Waals surface area contributed by atoms with Crippen LogP contribution in [0.5, 0.6) is 0 Å². The largest absolute Gasteiger partial charge is 0.372 e. The van der Waals surface area contributed by atoms with E-state index in [0.717, 1.165) is 31.6 Å². The molecule has 2 aliphatic rings. The lowest BCUT2D eigenvalue weighted by atomic mass is 10.0. The normalized spacial score (nSPS) is 31.4. The van der Waals surface area contributed by atoms with Gasteiger partial charge in [-0.15, -0.1) is 0 Å². The summed E-state index contributed by atoms with van der Waals surface area (Å²) < 4.78 is 6.22. The third-order valence-corrected chi connectivity index (χ3v) is 4.79. The van der Waals surface area contributed by atoms with E-state index in [1.807, 2.05) is 0 Å². The Kier molecular flexibility index (Phi) is 6.93. The van der Waals surface area contributed by atoms with E-state index in [1.54, 1.807) is 0 Å². The van der Waals surface area contributed by atoms with Gasteiger partial charge in [0.2, 0.25) is 0 Å². The lowest BCUT2D eigenvalue weighted by Crippen LogP contribution is -2.47. The number of ether oxygens (including phenoxy) is 1. The van der Waals surface area contributed by atoms with Crippen molar-refractivity contribution in [1.82, 2.24) is 15.1 Å². The summed E-state index contributed by atoms with van der Waals surface area (Å²) in [6, 6.07) is 0.726. The first-order chi connectivity index (χ1) is 10.0. The third-order valence-electron chi connectivity index (χ3n) is 4.79. The van der Waals surface area contributed by atoms with E-state index in [2.05, 4.69) is 43.1 Å². The zero-order valence-corrected chi connectivity index (χ0v) is 14.5. The Labute approximate surface area is 131 Å². The van der Waals surface area contributed by atoms with Crippen LogP contribution in [-0.2, 0) is 4.74 Å². The van der Waals surface area contributed by atoms with Crippen molar-refractivity contribution in [3.05, 3.63) is 0 Å². The van der Waals surface area contributed by atoms with Crippen LogP contribution in [-0.4, -0.2) is 74.9 Å². The minimum atomic E-state index is 0.434. The minimum Gasteiger partial charge on any atom is -0.372 e. The van der Waals surface area contributed by atoms with E-state index in [4.69, 9.17) is 4.74 Å². The van der Waals surface area contributed by atoms with Crippen LogP contribution in [0.25, 0.3) is 0 Å². The zero-order valence-electron chi connectivity index (χ0n) is 14.5. The quantitative estimate of drug-likeness (QED) is 0.775. The molecule has 2 saturated heterocycles. The molecule has 0 bridgehead atoms. The summed E-state index contributed by atoms with van der Waals surface area (Å²) in [5.74, 6) is 0.721. The molecule has 0 aromatic heterocycles. The Hall–Kier alpha value is -0.160. The second-order valence-corrected chi connectivity index (χ2v) is 7.53. The van der Waals surface area contributed by atoms with Crippen LogP contribution in [0.4, 0.5) is 0 Å². The van der Waals surface area contributed by atoms with Gasteiger partial charge in [0.25, 0.3) is 0 Å². The molecule has 3 unspecified atom stereocenters. The van der Waals surface area contributed by atoms with Crippen LogP contribution < -0.4 is 5.32 Å². The van der Waals surface area contributed by atoms with Gasteiger partial charge in [-0.05, 0) is 58.8 Å². The molecule has 124 valence electrons. The van der Waals surface area contributed by atoms with E-state index in [-0.39, 0.29) is 0 Å². The van der Waals surface area contributed by atoms with Crippen molar-refractivity contribution in [2.24, 2.45) is 5.92 Å². The van der Waals surface area contributed by atoms with Crippen molar-refractivity contribution < 1.29 is 4.74 Å². The molecule has 0 aromatic carbocycles. The molecule has 0 spiro atoms. The van der Waals surface area contributed by atoms with Crippen molar-refractivity contribution in [3.63, 3.8) is 0 Å². The fourth-order valence-electron chi connectivity index (χ4n) is 3.50. The monoisotopic (exact) mass is 297 g/mol. The Morgan fingerprint density at radius 2 is 1.95 bits per heavy atom. The number of nitrogens with zero attached hydrogens (tertiary/aromatic N) is 2. The molecule has 1 N–H and O–H groups in total. The fourth-order valence-corrected chi connectivity index (χ4v) is 3.50. The average Bonchev–Trinajstić information content (AvgIpc) is 2.86. The van der Waals surface area contributed by atoms with Crippen molar-refractivity contribution in [1.29, 1.82) is 0 Å². The number of likely N-dealkylation sites (N-methyl/N-ethyl adjacent to an activating group) is 1. The van der Waals surface area contributed by atoms with Crippen LogP contribution in [0, 0.1) is 5.92 Å². The lowest BCUT2D eigenvalue weighted by molar-refractivity contribution is 0.0121. The molecule has 4 heteroatoms. The number of likely N-dealkylation sites (tertiary alicyclic amines) is 1. The van der Waals surface area contributed by atoms with Gasteiger partial charge in [0.05, 0.1) is 12.2 Å². The highest BCUT2D eigenvalue weighted by Gasteiger charge is 2.29. The maximum atomic E-state index is 6.22. The zero-order chi connectivity index (χ0) is 15.2. The van der Waals surface area contributed by atoms with Crippen molar-refractivity contribution in [3.8, 4) is 0 Å². The van der Waals surface area contributed by atoms with Gasteiger partial charge in [0.15, 0.2) is 0 Å². The molecule has 0 amide bonds. The van der Waals surface area contributed by atoms with Gasteiger partial charge in [0, 0.05) is 25.7 Å². The standard InChI is InChI=1S/C17H35N3O/c1-14(2)10-18-11-16-7-8-17(21-16)13-20-9-5-6-15(12-20)19(3)4/h14-18H,5-13H2,1-4H3.